The van der Waals surface area contributed by atoms with Crippen molar-refractivity contribution in [3.05, 3.63) is 39.9 Å². The first-order valence-corrected chi connectivity index (χ1v) is 23.6. The Kier molecular flexibility index (Phi) is 37.3. The number of esters is 1. The number of ether oxygens (including phenoxy) is 3. The molecule has 0 heterocycles. The van der Waals surface area contributed by atoms with Crippen LogP contribution in [0.2, 0.25) is 0 Å². The van der Waals surface area contributed by atoms with E-state index in [2.05, 4.69) is 13.8 Å². The first-order chi connectivity index (χ1) is 27.1. The first kappa shape index (κ1) is 51.0. The summed E-state index contributed by atoms with van der Waals surface area (Å²) in [5.41, 5.74) is 0.718. The minimum Gasteiger partial charge on any atom is -0.465 e. The van der Waals surface area contributed by atoms with Gasteiger partial charge in [0.25, 0.3) is 5.69 Å². The highest BCUT2D eigenvalue weighted by Gasteiger charge is 2.13. The summed E-state index contributed by atoms with van der Waals surface area (Å²) in [4.78, 5) is 22.9. The van der Waals surface area contributed by atoms with E-state index in [4.69, 9.17) is 14.2 Å². The molecule has 7 heteroatoms. The molecule has 1 atom stereocenters. The molecule has 0 spiro atoms. The van der Waals surface area contributed by atoms with Crippen LogP contribution >= 0.6 is 0 Å². The third-order valence-electron chi connectivity index (χ3n) is 11.0. The van der Waals surface area contributed by atoms with Crippen LogP contribution in [-0.4, -0.2) is 43.4 Å². The molecule has 0 fully saturated rings. The lowest BCUT2D eigenvalue weighted by molar-refractivity contribution is -0.384. The van der Waals surface area contributed by atoms with Crippen molar-refractivity contribution in [2.24, 2.45) is 0 Å². The van der Waals surface area contributed by atoms with Crippen LogP contribution in [0.3, 0.4) is 0 Å². The van der Waals surface area contributed by atoms with E-state index in [0.29, 0.717) is 25.2 Å². The number of nitro benzene ring substituents is 1. The predicted molar refractivity (Wildman–Crippen MR) is 232 cm³/mol. The monoisotopic (exact) mass is 774 g/mol. The summed E-state index contributed by atoms with van der Waals surface area (Å²) in [6, 6.07) is 6.05. The minimum atomic E-state index is -0.440. The Hall–Kier alpha value is -1.99. The number of nitrogens with zero attached hydrogens (tertiary/aromatic N) is 1. The third kappa shape index (κ3) is 34.9. The van der Waals surface area contributed by atoms with Gasteiger partial charge in [-0.1, -0.05) is 219 Å². The Morgan fingerprint density at radius 3 is 1.27 bits per heavy atom. The summed E-state index contributed by atoms with van der Waals surface area (Å²) in [5, 5.41) is 10.9. The van der Waals surface area contributed by atoms with Crippen LogP contribution < -0.4 is 0 Å². The van der Waals surface area contributed by atoms with Gasteiger partial charge in [0.15, 0.2) is 0 Å². The zero-order valence-electron chi connectivity index (χ0n) is 36.2. The summed E-state index contributed by atoms with van der Waals surface area (Å²) in [5.74, 6) is -0.334. The molecule has 0 radical (unpaired) electrons. The number of carbonyl (C=O) groups is 1. The highest BCUT2D eigenvalue weighted by molar-refractivity contribution is 5.72. The number of benzene rings is 1. The maximum atomic E-state index is 12.4. The lowest BCUT2D eigenvalue weighted by Crippen LogP contribution is -2.24. The molecule has 320 valence electrons. The highest BCUT2D eigenvalue weighted by atomic mass is 16.6. The fraction of sp³-hybridized carbons (Fsp3) is 0.854. The van der Waals surface area contributed by atoms with E-state index in [-0.39, 0.29) is 30.8 Å². The third-order valence-corrected chi connectivity index (χ3v) is 11.0. The molecule has 0 bridgehead atoms. The van der Waals surface area contributed by atoms with E-state index in [1.165, 1.54) is 205 Å². The standard InChI is InChI=1S/C48H87NO6/c1-3-5-7-9-11-13-15-17-19-21-23-25-27-29-31-33-40-53-44-47(39-42-55-48(50)43-45-35-37-46(38-36-45)49(51)52)54-41-34-32-30-28-26-24-22-20-18-16-14-12-10-8-6-4-2/h35-38,47H,3-34,39-44H2,1-2H3. The Morgan fingerprint density at radius 1 is 0.527 bits per heavy atom. The molecule has 0 amide bonds. The van der Waals surface area contributed by atoms with E-state index in [0.717, 1.165) is 19.4 Å². The number of non-ortho nitro benzene ring substituents is 1. The second-order valence-electron chi connectivity index (χ2n) is 16.3. The molecule has 7 nitrogen and oxygen atoms in total. The number of rotatable bonds is 43. The van der Waals surface area contributed by atoms with Gasteiger partial charge in [-0.3, -0.25) is 14.9 Å². The van der Waals surface area contributed by atoms with Crippen LogP contribution in [0.1, 0.15) is 231 Å². The van der Waals surface area contributed by atoms with Crippen molar-refractivity contribution in [3.8, 4) is 0 Å². The van der Waals surface area contributed by atoms with Crippen LogP contribution in [0.5, 0.6) is 0 Å². The van der Waals surface area contributed by atoms with Crippen LogP contribution in [0.15, 0.2) is 24.3 Å². The quantitative estimate of drug-likeness (QED) is 0.0284. The van der Waals surface area contributed by atoms with Crippen LogP contribution in [0.4, 0.5) is 5.69 Å². The molecule has 0 aromatic heterocycles. The van der Waals surface area contributed by atoms with Crippen LogP contribution in [0.25, 0.3) is 0 Å². The van der Waals surface area contributed by atoms with Crippen molar-refractivity contribution in [1.82, 2.24) is 0 Å². The predicted octanol–water partition coefficient (Wildman–Crippen LogP) is 15.0. The molecule has 1 aromatic carbocycles. The van der Waals surface area contributed by atoms with Crippen molar-refractivity contribution in [1.29, 1.82) is 0 Å². The maximum Gasteiger partial charge on any atom is 0.310 e. The fourth-order valence-electron chi connectivity index (χ4n) is 7.34. The van der Waals surface area contributed by atoms with E-state index >= 15 is 0 Å². The molecule has 0 aliphatic heterocycles. The topological polar surface area (TPSA) is 87.9 Å². The van der Waals surface area contributed by atoms with Gasteiger partial charge < -0.3 is 14.2 Å². The lowest BCUT2D eigenvalue weighted by Gasteiger charge is -2.18. The molecule has 55 heavy (non-hydrogen) atoms. The molecule has 0 N–H and O–H groups in total. The number of hydrogen-bond acceptors (Lipinski definition) is 6. The summed E-state index contributed by atoms with van der Waals surface area (Å²) < 4.78 is 17.8. The maximum absolute atomic E-state index is 12.4. The van der Waals surface area contributed by atoms with Crippen molar-refractivity contribution in [3.63, 3.8) is 0 Å². The van der Waals surface area contributed by atoms with Gasteiger partial charge >= 0.3 is 5.97 Å². The number of unbranched alkanes of at least 4 members (excludes halogenated alkanes) is 30. The van der Waals surface area contributed by atoms with Gasteiger partial charge in [-0.2, -0.15) is 0 Å². The van der Waals surface area contributed by atoms with E-state index in [1.54, 1.807) is 12.1 Å². The van der Waals surface area contributed by atoms with E-state index in [1.807, 2.05) is 0 Å². The molecule has 1 unspecified atom stereocenters. The van der Waals surface area contributed by atoms with Crippen LogP contribution in [-0.2, 0) is 25.4 Å². The second-order valence-corrected chi connectivity index (χ2v) is 16.3. The Labute approximate surface area is 339 Å². The first-order valence-electron chi connectivity index (χ1n) is 23.6. The van der Waals surface area contributed by atoms with Gasteiger partial charge in [-0.05, 0) is 18.4 Å². The zero-order chi connectivity index (χ0) is 39.7. The molecule has 0 aliphatic carbocycles. The van der Waals surface area contributed by atoms with E-state index in [9.17, 15) is 14.9 Å². The molecule has 0 saturated carbocycles. The fourth-order valence-corrected chi connectivity index (χ4v) is 7.34. The average molecular weight is 774 g/mol. The van der Waals surface area contributed by atoms with Crippen LogP contribution in [0, 0.1) is 10.1 Å². The van der Waals surface area contributed by atoms with Gasteiger partial charge in [0.1, 0.15) is 0 Å². The molecular weight excluding hydrogens is 687 g/mol. The smallest absolute Gasteiger partial charge is 0.310 e. The van der Waals surface area contributed by atoms with Crippen molar-refractivity contribution >= 4 is 11.7 Å². The number of nitro groups is 1. The SMILES string of the molecule is CCCCCCCCCCCCCCCCCCOCC(CCOC(=O)Cc1ccc([N+](=O)[O-])cc1)OCCCCCCCCCCCCCCCCCC. The summed E-state index contributed by atoms with van der Waals surface area (Å²) in [6.45, 7) is 6.83. The number of hydrogen-bond donors (Lipinski definition) is 0. The normalized spacial score (nSPS) is 12.0. The largest absolute Gasteiger partial charge is 0.465 e. The Bertz CT molecular complexity index is 970. The Balaban J connectivity index is 2.17. The van der Waals surface area contributed by atoms with Crippen molar-refractivity contribution in [2.75, 3.05) is 26.4 Å². The Morgan fingerprint density at radius 2 is 0.891 bits per heavy atom. The molecule has 1 rings (SSSR count). The summed E-state index contributed by atoms with van der Waals surface area (Å²) in [6.07, 6.45) is 43.9. The summed E-state index contributed by atoms with van der Waals surface area (Å²) in [7, 11) is 0. The van der Waals surface area contributed by atoms with Gasteiger partial charge in [-0.25, -0.2) is 0 Å². The van der Waals surface area contributed by atoms with Gasteiger partial charge in [0.05, 0.1) is 30.7 Å². The number of carbonyl (C=O) groups excluding carboxylic acids is 1. The van der Waals surface area contributed by atoms with Crippen molar-refractivity contribution < 1.29 is 23.9 Å². The average Bonchev–Trinajstić information content (AvgIpc) is 3.18. The summed E-state index contributed by atoms with van der Waals surface area (Å²) >= 11 is 0. The zero-order valence-corrected chi connectivity index (χ0v) is 36.2. The molecule has 1 aromatic rings. The van der Waals surface area contributed by atoms with Crippen molar-refractivity contribution in [2.45, 2.75) is 238 Å². The van der Waals surface area contributed by atoms with Gasteiger partial charge in [0, 0.05) is 31.8 Å². The van der Waals surface area contributed by atoms with Gasteiger partial charge in [-0.15, -0.1) is 0 Å². The highest BCUT2D eigenvalue weighted by Crippen LogP contribution is 2.17. The molecular formula is C48H87NO6. The van der Waals surface area contributed by atoms with Gasteiger partial charge in [0.2, 0.25) is 0 Å². The minimum absolute atomic E-state index is 0.0149. The lowest BCUT2D eigenvalue weighted by atomic mass is 10.0. The second kappa shape index (κ2) is 40.2. The molecule has 0 aliphatic rings. The molecule has 0 saturated heterocycles. The van der Waals surface area contributed by atoms with E-state index < -0.39 is 4.92 Å².